The van der Waals surface area contributed by atoms with Crippen LogP contribution < -0.4 is 14.8 Å². The number of ether oxygens (including phenoxy) is 3. The van der Waals surface area contributed by atoms with Gasteiger partial charge in [0.2, 0.25) is 5.91 Å². The van der Waals surface area contributed by atoms with Crippen molar-refractivity contribution in [3.05, 3.63) is 89.5 Å². The van der Waals surface area contributed by atoms with Crippen LogP contribution >= 0.6 is 0 Å². The van der Waals surface area contributed by atoms with Crippen LogP contribution in [-0.4, -0.2) is 37.2 Å². The Morgan fingerprint density at radius 2 is 1.67 bits per heavy atom. The summed E-state index contributed by atoms with van der Waals surface area (Å²) < 4.78 is 16.2. The van der Waals surface area contributed by atoms with Crippen molar-refractivity contribution >= 4 is 17.7 Å². The number of hydrogen-bond donors (Lipinski definition) is 1. The number of carbonyl (C=O) groups is 2. The Kier molecular flexibility index (Phi) is 6.78. The standard InChI is InChI=1S/C26H26N2O5/c1-31-21-12-13-24(32-2)22(15-21)27-25(29)23-14-19-10-6-7-11-20(19)16-28(23)26(30)33-17-18-8-4-3-5-9-18/h3-13,15,23H,14,16-17H2,1-2H3,(H,27,29)/t23-/m0/s1. The van der Waals surface area contributed by atoms with Crippen LogP contribution in [0.4, 0.5) is 10.5 Å². The molecule has 0 aromatic heterocycles. The summed E-state index contributed by atoms with van der Waals surface area (Å²) in [5.41, 5.74) is 3.38. The van der Waals surface area contributed by atoms with Crippen molar-refractivity contribution in [3.8, 4) is 11.5 Å². The van der Waals surface area contributed by atoms with Crippen molar-refractivity contribution in [1.82, 2.24) is 4.90 Å². The largest absolute Gasteiger partial charge is 0.497 e. The van der Waals surface area contributed by atoms with Gasteiger partial charge in [-0.3, -0.25) is 9.69 Å². The van der Waals surface area contributed by atoms with Gasteiger partial charge in [0, 0.05) is 12.5 Å². The Morgan fingerprint density at radius 3 is 2.39 bits per heavy atom. The minimum absolute atomic E-state index is 0.135. The van der Waals surface area contributed by atoms with Crippen molar-refractivity contribution in [1.29, 1.82) is 0 Å². The predicted octanol–water partition coefficient (Wildman–Crippen LogP) is 4.41. The summed E-state index contributed by atoms with van der Waals surface area (Å²) in [5, 5.41) is 2.90. The van der Waals surface area contributed by atoms with E-state index in [9.17, 15) is 9.59 Å². The number of hydrogen-bond acceptors (Lipinski definition) is 5. The minimum atomic E-state index is -0.737. The molecule has 2 amide bonds. The number of methoxy groups -OCH3 is 2. The first-order valence-electron chi connectivity index (χ1n) is 10.7. The second-order valence-corrected chi connectivity index (χ2v) is 7.71. The first-order valence-corrected chi connectivity index (χ1v) is 10.7. The summed E-state index contributed by atoms with van der Waals surface area (Å²) in [7, 11) is 3.08. The molecule has 0 spiro atoms. The summed E-state index contributed by atoms with van der Waals surface area (Å²) in [5.74, 6) is 0.755. The number of benzene rings is 3. The molecule has 1 aliphatic rings. The third-order valence-corrected chi connectivity index (χ3v) is 5.66. The van der Waals surface area contributed by atoms with Crippen LogP contribution in [0.25, 0.3) is 0 Å². The summed E-state index contributed by atoms with van der Waals surface area (Å²) in [4.78, 5) is 27.9. The quantitative estimate of drug-likeness (QED) is 0.607. The van der Waals surface area contributed by atoms with Gasteiger partial charge in [0.15, 0.2) is 0 Å². The van der Waals surface area contributed by atoms with Crippen LogP contribution in [0.15, 0.2) is 72.8 Å². The van der Waals surface area contributed by atoms with Crippen LogP contribution in [0.1, 0.15) is 16.7 Å². The van der Waals surface area contributed by atoms with Crippen LogP contribution in [0.5, 0.6) is 11.5 Å². The van der Waals surface area contributed by atoms with Gasteiger partial charge in [-0.25, -0.2) is 4.79 Å². The Hall–Kier alpha value is -4.00. The first kappa shape index (κ1) is 22.2. The van der Waals surface area contributed by atoms with Gasteiger partial charge >= 0.3 is 6.09 Å². The highest BCUT2D eigenvalue weighted by Gasteiger charge is 2.36. The molecule has 0 saturated heterocycles. The molecule has 170 valence electrons. The molecule has 33 heavy (non-hydrogen) atoms. The van der Waals surface area contributed by atoms with E-state index in [2.05, 4.69) is 5.32 Å². The second kappa shape index (κ2) is 10.1. The maximum absolute atomic E-state index is 13.4. The molecule has 0 radical (unpaired) electrons. The number of nitrogens with zero attached hydrogens (tertiary/aromatic N) is 1. The molecular formula is C26H26N2O5. The maximum Gasteiger partial charge on any atom is 0.411 e. The highest BCUT2D eigenvalue weighted by Crippen LogP contribution is 2.31. The van der Waals surface area contributed by atoms with Crippen LogP contribution in [0.3, 0.4) is 0 Å². The Labute approximate surface area is 192 Å². The van der Waals surface area contributed by atoms with Crippen molar-refractivity contribution in [2.75, 3.05) is 19.5 Å². The average molecular weight is 447 g/mol. The molecule has 1 heterocycles. The fraction of sp³-hybridized carbons (Fsp3) is 0.231. The number of rotatable bonds is 6. The molecule has 7 heteroatoms. The lowest BCUT2D eigenvalue weighted by Crippen LogP contribution is -2.50. The highest BCUT2D eigenvalue weighted by molar-refractivity contribution is 5.98. The maximum atomic E-state index is 13.4. The van der Waals surface area contributed by atoms with Crippen molar-refractivity contribution in [2.45, 2.75) is 25.6 Å². The average Bonchev–Trinajstić information content (AvgIpc) is 2.87. The van der Waals surface area contributed by atoms with E-state index in [-0.39, 0.29) is 19.1 Å². The normalized spacial score (nSPS) is 14.7. The molecular weight excluding hydrogens is 420 g/mol. The molecule has 7 nitrogen and oxygen atoms in total. The van der Waals surface area contributed by atoms with E-state index in [1.54, 1.807) is 25.3 Å². The lowest BCUT2D eigenvalue weighted by Gasteiger charge is -2.35. The summed E-state index contributed by atoms with van der Waals surface area (Å²) in [6.07, 6.45) is -0.152. The van der Waals surface area contributed by atoms with Gasteiger partial charge in [-0.1, -0.05) is 54.6 Å². The molecule has 3 aromatic carbocycles. The zero-order valence-corrected chi connectivity index (χ0v) is 18.6. The fourth-order valence-corrected chi connectivity index (χ4v) is 3.88. The first-order chi connectivity index (χ1) is 16.1. The number of amides is 2. The Bertz CT molecular complexity index is 1130. The zero-order chi connectivity index (χ0) is 23.2. The Morgan fingerprint density at radius 1 is 0.939 bits per heavy atom. The van der Waals surface area contributed by atoms with Crippen molar-refractivity contribution in [3.63, 3.8) is 0 Å². The minimum Gasteiger partial charge on any atom is -0.497 e. The molecule has 0 fully saturated rings. The van der Waals surface area contributed by atoms with Gasteiger partial charge in [-0.2, -0.15) is 0 Å². The Balaban J connectivity index is 1.56. The summed E-state index contributed by atoms with van der Waals surface area (Å²) >= 11 is 0. The van der Waals surface area contributed by atoms with Gasteiger partial charge in [0.1, 0.15) is 24.1 Å². The van der Waals surface area contributed by atoms with Crippen molar-refractivity contribution < 1.29 is 23.8 Å². The fourth-order valence-electron chi connectivity index (χ4n) is 3.88. The van der Waals surface area contributed by atoms with Gasteiger partial charge in [0.25, 0.3) is 0 Å². The van der Waals surface area contributed by atoms with E-state index in [0.717, 1.165) is 16.7 Å². The number of carbonyl (C=O) groups excluding carboxylic acids is 2. The van der Waals surface area contributed by atoms with Gasteiger partial charge < -0.3 is 19.5 Å². The van der Waals surface area contributed by atoms with Crippen LogP contribution in [0, 0.1) is 0 Å². The van der Waals surface area contributed by atoms with Gasteiger partial charge in [0.05, 0.1) is 26.5 Å². The van der Waals surface area contributed by atoms with E-state index >= 15 is 0 Å². The van der Waals surface area contributed by atoms with Crippen LogP contribution in [0.2, 0.25) is 0 Å². The molecule has 0 bridgehead atoms. The summed E-state index contributed by atoms with van der Waals surface area (Å²) in [6, 6.07) is 21.7. The molecule has 0 saturated carbocycles. The summed E-state index contributed by atoms with van der Waals surface area (Å²) in [6.45, 7) is 0.424. The monoisotopic (exact) mass is 446 g/mol. The molecule has 0 unspecified atom stereocenters. The molecule has 1 atom stereocenters. The van der Waals surface area contributed by atoms with E-state index < -0.39 is 12.1 Å². The van der Waals surface area contributed by atoms with Crippen LogP contribution in [-0.2, 0) is 29.1 Å². The SMILES string of the molecule is COc1ccc(OC)c(NC(=O)[C@@H]2Cc3ccccc3CN2C(=O)OCc2ccccc2)c1. The highest BCUT2D eigenvalue weighted by atomic mass is 16.6. The van der Waals surface area contributed by atoms with E-state index in [1.807, 2.05) is 54.6 Å². The zero-order valence-electron chi connectivity index (χ0n) is 18.6. The lowest BCUT2D eigenvalue weighted by molar-refractivity contribution is -0.121. The lowest BCUT2D eigenvalue weighted by atomic mass is 9.93. The third kappa shape index (κ3) is 5.09. The molecule has 1 N–H and O–H groups in total. The molecule has 3 aromatic rings. The molecule has 0 aliphatic carbocycles. The van der Waals surface area contributed by atoms with E-state index in [4.69, 9.17) is 14.2 Å². The number of nitrogens with one attached hydrogen (secondary N) is 1. The van der Waals surface area contributed by atoms with Gasteiger partial charge in [-0.05, 0) is 28.8 Å². The number of fused-ring (bicyclic) bond motifs is 1. The predicted molar refractivity (Wildman–Crippen MR) is 124 cm³/mol. The van der Waals surface area contributed by atoms with Crippen molar-refractivity contribution in [2.24, 2.45) is 0 Å². The van der Waals surface area contributed by atoms with Gasteiger partial charge in [-0.15, -0.1) is 0 Å². The van der Waals surface area contributed by atoms with E-state index in [1.165, 1.54) is 12.0 Å². The second-order valence-electron chi connectivity index (χ2n) is 7.71. The van der Waals surface area contributed by atoms with E-state index in [0.29, 0.717) is 23.6 Å². The smallest absolute Gasteiger partial charge is 0.411 e. The number of anilines is 1. The third-order valence-electron chi connectivity index (χ3n) is 5.66. The molecule has 4 rings (SSSR count). The molecule has 1 aliphatic heterocycles. The topological polar surface area (TPSA) is 77.1 Å².